The summed E-state index contributed by atoms with van der Waals surface area (Å²) < 4.78 is 16.0. The van der Waals surface area contributed by atoms with E-state index in [0.29, 0.717) is 16.9 Å². The van der Waals surface area contributed by atoms with E-state index < -0.39 is 11.8 Å². The van der Waals surface area contributed by atoms with Crippen LogP contribution in [0.5, 0.6) is 0 Å². The van der Waals surface area contributed by atoms with Crippen LogP contribution < -0.4 is 5.32 Å². The van der Waals surface area contributed by atoms with Crippen LogP contribution >= 0.6 is 12.2 Å². The Morgan fingerprint density at radius 1 is 1.26 bits per heavy atom. The zero-order valence-electron chi connectivity index (χ0n) is 15.0. The Bertz CT molecular complexity index is 1010. The molecule has 2 aromatic rings. The highest BCUT2D eigenvalue weighted by molar-refractivity contribution is 7.80. The van der Waals surface area contributed by atoms with Gasteiger partial charge in [0.25, 0.3) is 11.8 Å². The summed E-state index contributed by atoms with van der Waals surface area (Å²) in [6, 6.07) is 8.24. The number of halogens is 1. The SMILES string of the molecule is C=CCN1C(=O)C(=Cc2cc(C)n(-c3ccccc3F)c2C)C(=O)NC1=S. The fourth-order valence-corrected chi connectivity index (χ4v) is 3.33. The van der Waals surface area contributed by atoms with Crippen LogP contribution in [0, 0.1) is 19.7 Å². The number of rotatable bonds is 4. The summed E-state index contributed by atoms with van der Waals surface area (Å²) in [5, 5.41) is 2.57. The lowest BCUT2D eigenvalue weighted by atomic mass is 10.1. The van der Waals surface area contributed by atoms with E-state index in [4.69, 9.17) is 12.2 Å². The molecule has 1 saturated heterocycles. The molecule has 2 amide bonds. The van der Waals surface area contributed by atoms with Crippen LogP contribution in [0.1, 0.15) is 17.0 Å². The molecule has 27 heavy (non-hydrogen) atoms. The van der Waals surface area contributed by atoms with Crippen LogP contribution in [-0.2, 0) is 9.59 Å². The largest absolute Gasteiger partial charge is 0.315 e. The van der Waals surface area contributed by atoms with Crippen molar-refractivity contribution in [1.82, 2.24) is 14.8 Å². The first-order chi connectivity index (χ1) is 12.8. The summed E-state index contributed by atoms with van der Waals surface area (Å²) in [4.78, 5) is 26.2. The highest BCUT2D eigenvalue weighted by atomic mass is 32.1. The number of amides is 2. The summed E-state index contributed by atoms with van der Waals surface area (Å²) >= 11 is 5.05. The Balaban J connectivity index is 2.07. The van der Waals surface area contributed by atoms with E-state index in [-0.39, 0.29) is 23.0 Å². The van der Waals surface area contributed by atoms with E-state index >= 15 is 0 Å². The number of aryl methyl sites for hydroxylation is 1. The van der Waals surface area contributed by atoms with Crippen LogP contribution in [0.2, 0.25) is 0 Å². The van der Waals surface area contributed by atoms with Gasteiger partial charge in [-0.25, -0.2) is 4.39 Å². The number of nitrogens with one attached hydrogen (secondary N) is 1. The maximum absolute atomic E-state index is 14.2. The minimum atomic E-state index is -0.555. The van der Waals surface area contributed by atoms with Crippen molar-refractivity contribution in [3.8, 4) is 5.69 Å². The Kier molecular flexibility index (Phi) is 5.05. The van der Waals surface area contributed by atoms with Gasteiger partial charge in [-0.05, 0) is 55.9 Å². The van der Waals surface area contributed by atoms with Crippen molar-refractivity contribution in [1.29, 1.82) is 0 Å². The first-order valence-corrected chi connectivity index (χ1v) is 8.69. The number of hydrogen-bond acceptors (Lipinski definition) is 3. The number of para-hydroxylation sites is 1. The highest BCUT2D eigenvalue weighted by Crippen LogP contribution is 2.25. The molecular weight excluding hydrogens is 365 g/mol. The molecule has 5 nitrogen and oxygen atoms in total. The van der Waals surface area contributed by atoms with Crippen molar-refractivity contribution in [2.24, 2.45) is 0 Å². The molecule has 1 aromatic carbocycles. The van der Waals surface area contributed by atoms with Gasteiger partial charge in [-0.3, -0.25) is 19.8 Å². The molecule has 3 rings (SSSR count). The number of thiocarbonyl (C=S) groups is 1. The molecule has 1 aliphatic rings. The van der Waals surface area contributed by atoms with E-state index in [1.165, 1.54) is 23.1 Å². The second-order valence-electron chi connectivity index (χ2n) is 6.14. The monoisotopic (exact) mass is 383 g/mol. The molecule has 0 spiro atoms. The normalized spacial score (nSPS) is 16.0. The van der Waals surface area contributed by atoms with Crippen LogP contribution in [0.4, 0.5) is 4.39 Å². The average Bonchev–Trinajstić information content (AvgIpc) is 2.89. The average molecular weight is 383 g/mol. The molecule has 1 fully saturated rings. The molecule has 0 atom stereocenters. The van der Waals surface area contributed by atoms with Gasteiger partial charge in [0.05, 0.1) is 5.69 Å². The second-order valence-corrected chi connectivity index (χ2v) is 6.52. The zero-order valence-corrected chi connectivity index (χ0v) is 15.8. The van der Waals surface area contributed by atoms with Crippen molar-refractivity contribution >= 4 is 35.2 Å². The molecule has 2 heterocycles. The minimum absolute atomic E-state index is 0.0285. The first-order valence-electron chi connectivity index (χ1n) is 8.28. The number of hydrogen-bond donors (Lipinski definition) is 1. The fraction of sp³-hybridized carbons (Fsp3) is 0.150. The molecule has 0 bridgehead atoms. The van der Waals surface area contributed by atoms with Crippen molar-refractivity contribution in [2.75, 3.05) is 6.54 Å². The molecule has 1 aromatic heterocycles. The molecule has 1 N–H and O–H groups in total. The summed E-state index contributed by atoms with van der Waals surface area (Å²) in [7, 11) is 0. The number of nitrogens with zero attached hydrogens (tertiary/aromatic N) is 2. The van der Waals surface area contributed by atoms with Gasteiger partial charge in [0.2, 0.25) is 0 Å². The van der Waals surface area contributed by atoms with Crippen LogP contribution in [0.3, 0.4) is 0 Å². The summed E-state index contributed by atoms with van der Waals surface area (Å²) in [5.41, 5.74) is 2.53. The lowest BCUT2D eigenvalue weighted by Gasteiger charge is -2.27. The van der Waals surface area contributed by atoms with Gasteiger partial charge in [0.15, 0.2) is 5.11 Å². The standard InChI is InChI=1S/C20H18FN3O2S/c1-4-9-23-19(26)15(18(25)22-20(23)27)11-14-10-12(2)24(13(14)3)17-8-6-5-7-16(17)21/h4-8,10-11H,1,9H2,2-3H3,(H,22,25,27). The third kappa shape index (κ3) is 3.33. The molecule has 0 aliphatic carbocycles. The second kappa shape index (κ2) is 7.28. The van der Waals surface area contributed by atoms with Crippen LogP contribution in [-0.4, -0.2) is 32.9 Å². The lowest BCUT2D eigenvalue weighted by molar-refractivity contribution is -0.128. The van der Waals surface area contributed by atoms with Gasteiger partial charge in [-0.1, -0.05) is 18.2 Å². The fourth-order valence-electron chi connectivity index (χ4n) is 3.08. The predicted molar refractivity (Wildman–Crippen MR) is 106 cm³/mol. The quantitative estimate of drug-likeness (QED) is 0.382. The maximum Gasteiger partial charge on any atom is 0.265 e. The highest BCUT2D eigenvalue weighted by Gasteiger charge is 2.32. The third-order valence-corrected chi connectivity index (χ3v) is 4.68. The van der Waals surface area contributed by atoms with E-state index in [0.717, 1.165) is 5.69 Å². The minimum Gasteiger partial charge on any atom is -0.315 e. The van der Waals surface area contributed by atoms with Crippen molar-refractivity contribution < 1.29 is 14.0 Å². The molecule has 1 aliphatic heterocycles. The van der Waals surface area contributed by atoms with Crippen LogP contribution in [0.25, 0.3) is 11.8 Å². The number of carbonyl (C=O) groups excluding carboxylic acids is 2. The maximum atomic E-state index is 14.2. The van der Waals surface area contributed by atoms with Crippen molar-refractivity contribution in [2.45, 2.75) is 13.8 Å². The van der Waals surface area contributed by atoms with Gasteiger partial charge in [-0.2, -0.15) is 0 Å². The predicted octanol–water partition coefficient (Wildman–Crippen LogP) is 3.05. The van der Waals surface area contributed by atoms with Crippen molar-refractivity contribution in [3.05, 3.63) is 71.3 Å². The molecule has 138 valence electrons. The Hall–Kier alpha value is -3.06. The number of aromatic nitrogens is 1. The Morgan fingerprint density at radius 2 is 1.96 bits per heavy atom. The van der Waals surface area contributed by atoms with E-state index in [9.17, 15) is 14.0 Å². The Morgan fingerprint density at radius 3 is 2.63 bits per heavy atom. The molecule has 7 heteroatoms. The molecule has 0 saturated carbocycles. The summed E-state index contributed by atoms with van der Waals surface area (Å²) in [5.74, 6) is -1.40. The first kappa shape index (κ1) is 18.7. The van der Waals surface area contributed by atoms with E-state index in [1.807, 2.05) is 13.8 Å². The van der Waals surface area contributed by atoms with E-state index in [2.05, 4.69) is 11.9 Å². The van der Waals surface area contributed by atoms with Gasteiger partial charge < -0.3 is 4.57 Å². The van der Waals surface area contributed by atoms with E-state index in [1.54, 1.807) is 28.8 Å². The third-order valence-electron chi connectivity index (χ3n) is 4.36. The van der Waals surface area contributed by atoms with Gasteiger partial charge >= 0.3 is 0 Å². The van der Waals surface area contributed by atoms with Gasteiger partial charge in [0, 0.05) is 17.9 Å². The summed E-state index contributed by atoms with van der Waals surface area (Å²) in [6.45, 7) is 7.44. The molecule has 0 unspecified atom stereocenters. The lowest BCUT2D eigenvalue weighted by Crippen LogP contribution is -2.53. The number of carbonyl (C=O) groups is 2. The molecular formula is C20H18FN3O2S. The topological polar surface area (TPSA) is 54.3 Å². The van der Waals surface area contributed by atoms with Crippen LogP contribution in [0.15, 0.2) is 48.6 Å². The molecule has 0 radical (unpaired) electrons. The van der Waals surface area contributed by atoms with Gasteiger partial charge in [-0.15, -0.1) is 6.58 Å². The smallest absolute Gasteiger partial charge is 0.265 e. The Labute approximate surface area is 161 Å². The zero-order chi connectivity index (χ0) is 19.7. The number of benzene rings is 1. The van der Waals surface area contributed by atoms with Crippen molar-refractivity contribution in [3.63, 3.8) is 0 Å². The van der Waals surface area contributed by atoms with Gasteiger partial charge in [0.1, 0.15) is 11.4 Å². The summed E-state index contributed by atoms with van der Waals surface area (Å²) in [6.07, 6.45) is 3.04.